The normalized spacial score (nSPS) is 19.6. The number of rotatable bonds is 6. The van der Waals surface area contributed by atoms with Crippen molar-refractivity contribution in [3.8, 4) is 0 Å². The Bertz CT molecular complexity index is 488. The first-order chi connectivity index (χ1) is 9.09. The van der Waals surface area contributed by atoms with Crippen LogP contribution in [0.1, 0.15) is 23.5 Å². The van der Waals surface area contributed by atoms with E-state index in [1.165, 1.54) is 0 Å². The minimum Gasteiger partial charge on any atom is -0.301 e. The molecule has 0 aromatic carbocycles. The van der Waals surface area contributed by atoms with Gasteiger partial charge in [0.2, 0.25) is 0 Å². The fraction of sp³-hybridized carbons (Fsp3) is 0.750. The molecule has 0 aliphatic carbocycles. The van der Waals surface area contributed by atoms with Crippen LogP contribution in [0, 0.1) is 0 Å². The molecule has 2 heterocycles. The second-order valence-electron chi connectivity index (χ2n) is 4.82. The summed E-state index contributed by atoms with van der Waals surface area (Å²) in [5.74, 6) is 1.12. The van der Waals surface area contributed by atoms with Crippen LogP contribution in [-0.4, -0.2) is 49.4 Å². The average Bonchev–Trinajstić information content (AvgIpc) is 2.84. The van der Waals surface area contributed by atoms with Gasteiger partial charge in [0.25, 0.3) is 0 Å². The first-order valence-corrected chi connectivity index (χ1v) is 9.74. The second-order valence-corrected chi connectivity index (χ2v) is 8.33. The van der Waals surface area contributed by atoms with E-state index in [9.17, 15) is 8.42 Å². The summed E-state index contributed by atoms with van der Waals surface area (Å²) in [4.78, 5) is 6.67. The van der Waals surface area contributed by atoms with E-state index in [0.29, 0.717) is 30.5 Å². The van der Waals surface area contributed by atoms with Crippen molar-refractivity contribution in [1.29, 1.82) is 0 Å². The molecule has 7 heteroatoms. The minimum atomic E-state index is -2.75. The van der Waals surface area contributed by atoms with Crippen LogP contribution in [0.25, 0.3) is 0 Å². The maximum atomic E-state index is 11.3. The molecule has 1 aromatic heterocycles. The molecule has 2 rings (SSSR count). The highest BCUT2D eigenvalue weighted by Gasteiger charge is 2.20. The van der Waals surface area contributed by atoms with Crippen LogP contribution in [0.2, 0.25) is 0 Å². The maximum Gasteiger partial charge on any atom is 0.152 e. The Hall–Kier alpha value is -0.170. The highest BCUT2D eigenvalue weighted by molar-refractivity contribution is 7.91. The van der Waals surface area contributed by atoms with E-state index in [-0.39, 0.29) is 0 Å². The predicted molar refractivity (Wildman–Crippen MR) is 79.7 cm³/mol. The van der Waals surface area contributed by atoms with Crippen LogP contribution in [0.4, 0.5) is 0 Å². The van der Waals surface area contributed by atoms with Crippen molar-refractivity contribution < 1.29 is 8.42 Å². The zero-order valence-electron chi connectivity index (χ0n) is 10.8. The lowest BCUT2D eigenvalue weighted by Crippen LogP contribution is -2.40. The number of aromatic nitrogens is 1. The summed E-state index contributed by atoms with van der Waals surface area (Å²) < 4.78 is 22.6. The standard InChI is InChI=1S/C12H19ClN2O2S2/c13-9-11-10-18-12(14-11)3-1-2-4-15-5-7-19(16,17)8-6-15/h10H,1-9H2. The van der Waals surface area contributed by atoms with Crippen molar-refractivity contribution in [1.82, 2.24) is 9.88 Å². The van der Waals surface area contributed by atoms with Gasteiger partial charge in [0, 0.05) is 18.5 Å². The fourth-order valence-electron chi connectivity index (χ4n) is 2.11. The third-order valence-corrected chi connectivity index (χ3v) is 6.13. The highest BCUT2D eigenvalue weighted by Crippen LogP contribution is 2.14. The number of aryl methyl sites for hydroxylation is 1. The molecule has 0 N–H and O–H groups in total. The summed E-state index contributed by atoms with van der Waals surface area (Å²) >= 11 is 7.39. The number of sulfone groups is 1. The molecule has 0 atom stereocenters. The predicted octanol–water partition coefficient (Wildman–Crippen LogP) is 1.94. The first kappa shape index (κ1) is 15.2. The molecule has 1 fully saturated rings. The summed E-state index contributed by atoms with van der Waals surface area (Å²) in [5, 5.41) is 3.16. The monoisotopic (exact) mass is 322 g/mol. The van der Waals surface area contributed by atoms with Crippen LogP contribution in [0.15, 0.2) is 5.38 Å². The van der Waals surface area contributed by atoms with Crippen LogP contribution >= 0.6 is 22.9 Å². The van der Waals surface area contributed by atoms with Gasteiger partial charge in [-0.25, -0.2) is 13.4 Å². The number of halogens is 1. The van der Waals surface area contributed by atoms with E-state index in [4.69, 9.17) is 11.6 Å². The average molecular weight is 323 g/mol. The molecular formula is C12H19ClN2O2S2. The van der Waals surface area contributed by atoms with E-state index in [1.807, 2.05) is 5.38 Å². The molecule has 4 nitrogen and oxygen atoms in total. The van der Waals surface area contributed by atoms with Gasteiger partial charge in [0.05, 0.1) is 28.1 Å². The largest absolute Gasteiger partial charge is 0.301 e. The minimum absolute atomic E-state index is 0.318. The Balaban J connectivity index is 1.62. The third kappa shape index (κ3) is 5.02. The quantitative estimate of drug-likeness (QED) is 0.593. The van der Waals surface area contributed by atoms with Gasteiger partial charge in [0.1, 0.15) is 0 Å². The fourth-order valence-corrected chi connectivity index (χ4v) is 4.46. The summed E-state index contributed by atoms with van der Waals surface area (Å²) in [5.41, 5.74) is 0.961. The molecule has 1 aliphatic heterocycles. The molecule has 0 spiro atoms. The number of thiazole rings is 1. The van der Waals surface area contributed by atoms with Gasteiger partial charge in [-0.3, -0.25) is 0 Å². The van der Waals surface area contributed by atoms with Crippen LogP contribution in [0.5, 0.6) is 0 Å². The number of unbranched alkanes of at least 4 members (excludes halogenated alkanes) is 1. The van der Waals surface area contributed by atoms with E-state index >= 15 is 0 Å². The molecule has 108 valence electrons. The maximum absolute atomic E-state index is 11.3. The Labute approximate surface area is 123 Å². The zero-order valence-corrected chi connectivity index (χ0v) is 13.2. The molecule has 0 unspecified atom stereocenters. The molecular weight excluding hydrogens is 304 g/mol. The van der Waals surface area contributed by atoms with Crippen molar-refractivity contribution in [2.45, 2.75) is 25.1 Å². The van der Waals surface area contributed by atoms with Gasteiger partial charge in [-0.05, 0) is 25.8 Å². The van der Waals surface area contributed by atoms with E-state index in [2.05, 4.69) is 9.88 Å². The molecule has 1 aromatic rings. The van der Waals surface area contributed by atoms with E-state index in [1.54, 1.807) is 11.3 Å². The van der Waals surface area contributed by atoms with Crippen molar-refractivity contribution in [2.75, 3.05) is 31.1 Å². The Kier molecular flexibility index (Phi) is 5.62. The van der Waals surface area contributed by atoms with Crippen LogP contribution in [-0.2, 0) is 22.1 Å². The van der Waals surface area contributed by atoms with Crippen LogP contribution in [0.3, 0.4) is 0 Å². The van der Waals surface area contributed by atoms with Gasteiger partial charge < -0.3 is 4.90 Å². The smallest absolute Gasteiger partial charge is 0.152 e. The van der Waals surface area contributed by atoms with Gasteiger partial charge in [-0.15, -0.1) is 22.9 Å². The molecule has 0 radical (unpaired) electrons. The van der Waals surface area contributed by atoms with E-state index in [0.717, 1.165) is 36.5 Å². The molecule has 0 amide bonds. The summed E-state index contributed by atoms with van der Waals surface area (Å²) in [6, 6.07) is 0. The third-order valence-electron chi connectivity index (χ3n) is 3.29. The lowest BCUT2D eigenvalue weighted by molar-refractivity contribution is 0.289. The highest BCUT2D eigenvalue weighted by atomic mass is 35.5. The zero-order chi connectivity index (χ0) is 13.7. The summed E-state index contributed by atoms with van der Waals surface area (Å²) in [7, 11) is -2.75. The van der Waals surface area contributed by atoms with Gasteiger partial charge in [-0.2, -0.15) is 0 Å². The Morgan fingerprint density at radius 2 is 2.05 bits per heavy atom. The lowest BCUT2D eigenvalue weighted by Gasteiger charge is -2.26. The van der Waals surface area contributed by atoms with Gasteiger partial charge >= 0.3 is 0 Å². The first-order valence-electron chi connectivity index (χ1n) is 6.51. The molecule has 19 heavy (non-hydrogen) atoms. The van der Waals surface area contributed by atoms with Gasteiger partial charge in [-0.1, -0.05) is 0 Å². The van der Waals surface area contributed by atoms with Crippen molar-refractivity contribution in [3.63, 3.8) is 0 Å². The van der Waals surface area contributed by atoms with Crippen LogP contribution < -0.4 is 0 Å². The van der Waals surface area contributed by atoms with Crippen molar-refractivity contribution >= 4 is 32.8 Å². The molecule has 1 aliphatic rings. The molecule has 0 bridgehead atoms. The second kappa shape index (κ2) is 7.02. The number of nitrogens with zero attached hydrogens (tertiary/aromatic N) is 2. The Morgan fingerprint density at radius 3 is 2.68 bits per heavy atom. The topological polar surface area (TPSA) is 50.3 Å². The summed E-state index contributed by atoms with van der Waals surface area (Å²) in [6.07, 6.45) is 3.18. The van der Waals surface area contributed by atoms with Gasteiger partial charge in [0.15, 0.2) is 9.84 Å². The Morgan fingerprint density at radius 1 is 1.32 bits per heavy atom. The SMILES string of the molecule is O=S1(=O)CCN(CCCCc2nc(CCl)cs2)CC1. The lowest BCUT2D eigenvalue weighted by atomic mass is 10.2. The summed E-state index contributed by atoms with van der Waals surface area (Å²) in [6.45, 7) is 2.37. The number of hydrogen-bond acceptors (Lipinski definition) is 5. The van der Waals surface area contributed by atoms with E-state index < -0.39 is 9.84 Å². The number of alkyl halides is 1. The number of hydrogen-bond donors (Lipinski definition) is 0. The van der Waals surface area contributed by atoms with Crippen molar-refractivity contribution in [3.05, 3.63) is 16.1 Å². The molecule has 0 saturated carbocycles. The van der Waals surface area contributed by atoms with Crippen molar-refractivity contribution in [2.24, 2.45) is 0 Å². The molecule has 1 saturated heterocycles.